The van der Waals surface area contributed by atoms with Crippen LogP contribution in [0.5, 0.6) is 5.75 Å². The molecule has 0 saturated carbocycles. The number of aromatic nitrogens is 1. The van der Waals surface area contributed by atoms with Gasteiger partial charge in [0, 0.05) is 25.0 Å². The standard InChI is InChI=1S/C11H11NO2.ClH/c13-10-4-1-3-9(7-10)12-6-2-5-11(14)8-12;/h2,5-8H,1,3-4H2;1H. The molecular weight excluding hydrogens is 214 g/mol. The molecule has 0 aliphatic heterocycles. The molecule has 0 saturated heterocycles. The molecule has 1 N–H and O–H groups in total. The van der Waals surface area contributed by atoms with Crippen LogP contribution >= 0.6 is 0 Å². The van der Waals surface area contributed by atoms with Crippen molar-refractivity contribution in [3.8, 4) is 5.75 Å². The van der Waals surface area contributed by atoms with Crippen molar-refractivity contribution in [2.75, 3.05) is 0 Å². The van der Waals surface area contributed by atoms with Crippen LogP contribution in [0.1, 0.15) is 19.3 Å². The number of carbonyl (C=O) groups excluding carboxylic acids is 1. The van der Waals surface area contributed by atoms with Crippen molar-refractivity contribution in [2.45, 2.75) is 19.3 Å². The lowest BCUT2D eigenvalue weighted by molar-refractivity contribution is -0.584. The van der Waals surface area contributed by atoms with Crippen LogP contribution in [-0.4, -0.2) is 10.9 Å². The predicted molar refractivity (Wildman–Crippen MR) is 51.4 cm³/mol. The topological polar surface area (TPSA) is 41.2 Å². The normalized spacial score (nSPS) is 15.5. The third-order valence-electron chi connectivity index (χ3n) is 2.30. The van der Waals surface area contributed by atoms with E-state index < -0.39 is 0 Å². The number of nitrogens with zero attached hydrogens (tertiary/aromatic N) is 1. The first-order valence-electron chi connectivity index (χ1n) is 4.70. The molecule has 0 atom stereocenters. The Morgan fingerprint density at radius 2 is 2.13 bits per heavy atom. The lowest BCUT2D eigenvalue weighted by Gasteiger charge is -2.06. The summed E-state index contributed by atoms with van der Waals surface area (Å²) < 4.78 is 1.80. The molecule has 1 heterocycles. The summed E-state index contributed by atoms with van der Waals surface area (Å²) in [6.45, 7) is 0. The Hall–Kier alpha value is -1.35. The Morgan fingerprint density at radius 3 is 2.80 bits per heavy atom. The zero-order chi connectivity index (χ0) is 9.97. The van der Waals surface area contributed by atoms with Crippen LogP contribution in [0, 0.1) is 0 Å². The summed E-state index contributed by atoms with van der Waals surface area (Å²) in [5, 5.41) is 9.28. The van der Waals surface area contributed by atoms with Gasteiger partial charge in [-0.05, 0) is 12.5 Å². The number of hydrogen-bond donors (Lipinski definition) is 1. The average molecular weight is 226 g/mol. The van der Waals surface area contributed by atoms with E-state index in [1.54, 1.807) is 29.0 Å². The van der Waals surface area contributed by atoms with Crippen molar-refractivity contribution in [2.24, 2.45) is 0 Å². The maximum absolute atomic E-state index is 11.2. The van der Waals surface area contributed by atoms with E-state index >= 15 is 0 Å². The summed E-state index contributed by atoms with van der Waals surface area (Å²) in [6, 6.07) is 3.37. The van der Waals surface area contributed by atoms with Crippen molar-refractivity contribution in [3.63, 3.8) is 0 Å². The van der Waals surface area contributed by atoms with Gasteiger partial charge in [-0.25, -0.2) is 0 Å². The quantitative estimate of drug-likeness (QED) is 0.578. The molecule has 2 rings (SSSR count). The maximum Gasteiger partial charge on any atom is 0.216 e. The highest BCUT2D eigenvalue weighted by Gasteiger charge is 2.17. The molecule has 80 valence electrons. The van der Waals surface area contributed by atoms with Crippen molar-refractivity contribution in [3.05, 3.63) is 30.6 Å². The molecule has 0 fully saturated rings. The van der Waals surface area contributed by atoms with E-state index in [1.807, 2.05) is 6.20 Å². The molecule has 4 heteroatoms. The third kappa shape index (κ3) is 2.80. The first kappa shape index (κ1) is 11.7. The van der Waals surface area contributed by atoms with Crippen molar-refractivity contribution >= 4 is 11.5 Å². The van der Waals surface area contributed by atoms with Gasteiger partial charge in [0.25, 0.3) is 0 Å². The second-order valence-corrected chi connectivity index (χ2v) is 3.42. The average Bonchev–Trinajstić information content (AvgIpc) is 2.18. The molecule has 1 aliphatic carbocycles. The molecule has 0 aromatic carbocycles. The summed E-state index contributed by atoms with van der Waals surface area (Å²) in [7, 11) is 0. The first-order valence-corrected chi connectivity index (χ1v) is 4.70. The van der Waals surface area contributed by atoms with Gasteiger partial charge in [-0.2, -0.15) is 4.57 Å². The fourth-order valence-corrected chi connectivity index (χ4v) is 1.62. The molecule has 1 aliphatic rings. The minimum Gasteiger partial charge on any atom is -1.00 e. The Kier molecular flexibility index (Phi) is 3.86. The van der Waals surface area contributed by atoms with Crippen molar-refractivity contribution in [1.82, 2.24) is 0 Å². The van der Waals surface area contributed by atoms with Crippen LogP contribution in [0.4, 0.5) is 0 Å². The number of hydrogen-bond acceptors (Lipinski definition) is 2. The van der Waals surface area contributed by atoms with Gasteiger partial charge in [0.1, 0.15) is 0 Å². The van der Waals surface area contributed by atoms with E-state index in [-0.39, 0.29) is 23.9 Å². The van der Waals surface area contributed by atoms with Crippen LogP contribution in [-0.2, 0) is 4.79 Å². The number of pyridine rings is 1. The van der Waals surface area contributed by atoms with E-state index in [4.69, 9.17) is 0 Å². The molecule has 0 bridgehead atoms. The van der Waals surface area contributed by atoms with Gasteiger partial charge in [0.2, 0.25) is 6.20 Å². The second kappa shape index (κ2) is 4.94. The first-order chi connectivity index (χ1) is 6.75. The highest BCUT2D eigenvalue weighted by molar-refractivity contribution is 5.94. The van der Waals surface area contributed by atoms with Crippen LogP contribution in [0.2, 0.25) is 0 Å². The second-order valence-electron chi connectivity index (χ2n) is 3.42. The number of ketones is 1. The fraction of sp³-hybridized carbons (Fsp3) is 0.273. The van der Waals surface area contributed by atoms with Crippen LogP contribution in [0.25, 0.3) is 5.70 Å². The number of rotatable bonds is 1. The predicted octanol–water partition coefficient (Wildman–Crippen LogP) is -1.72. The van der Waals surface area contributed by atoms with Crippen molar-refractivity contribution < 1.29 is 26.9 Å². The lowest BCUT2D eigenvalue weighted by atomic mass is 10.0. The zero-order valence-electron chi connectivity index (χ0n) is 8.19. The number of aromatic hydroxyl groups is 1. The van der Waals surface area contributed by atoms with Gasteiger partial charge in [0.05, 0.1) is 0 Å². The van der Waals surface area contributed by atoms with Gasteiger partial charge in [0.15, 0.2) is 23.4 Å². The molecule has 0 amide bonds. The van der Waals surface area contributed by atoms with E-state index in [0.717, 1.165) is 18.5 Å². The molecule has 0 radical (unpaired) electrons. The van der Waals surface area contributed by atoms with Gasteiger partial charge in [-0.1, -0.05) is 0 Å². The lowest BCUT2D eigenvalue weighted by Crippen LogP contribution is -3.00. The Balaban J connectivity index is 0.00000112. The summed E-state index contributed by atoms with van der Waals surface area (Å²) in [6.07, 6.45) is 7.54. The van der Waals surface area contributed by atoms with Crippen molar-refractivity contribution in [1.29, 1.82) is 0 Å². The van der Waals surface area contributed by atoms with E-state index in [2.05, 4.69) is 0 Å². The van der Waals surface area contributed by atoms with Crippen LogP contribution < -0.4 is 17.0 Å². The summed E-state index contributed by atoms with van der Waals surface area (Å²) >= 11 is 0. The number of allylic oxidation sites excluding steroid dienone is 2. The highest BCUT2D eigenvalue weighted by Crippen LogP contribution is 2.15. The molecule has 0 spiro atoms. The zero-order valence-corrected chi connectivity index (χ0v) is 8.94. The molecule has 15 heavy (non-hydrogen) atoms. The molecule has 1 aromatic rings. The minimum atomic E-state index is 0. The molecule has 3 nitrogen and oxygen atoms in total. The Morgan fingerprint density at radius 1 is 1.33 bits per heavy atom. The van der Waals surface area contributed by atoms with E-state index in [0.29, 0.717) is 6.42 Å². The fourth-order valence-electron chi connectivity index (χ4n) is 1.62. The van der Waals surface area contributed by atoms with Gasteiger partial charge in [-0.15, -0.1) is 0 Å². The number of carbonyl (C=O) groups is 1. The molecular formula is C11H12ClNO2. The third-order valence-corrected chi connectivity index (χ3v) is 2.30. The van der Waals surface area contributed by atoms with Crippen LogP contribution in [0.15, 0.2) is 30.6 Å². The summed E-state index contributed by atoms with van der Waals surface area (Å²) in [4.78, 5) is 11.2. The SMILES string of the molecule is O=C1C=C([n+]2cccc(O)c2)CCC1.[Cl-]. The summed E-state index contributed by atoms with van der Waals surface area (Å²) in [5.41, 5.74) is 0.956. The number of halogens is 1. The van der Waals surface area contributed by atoms with Gasteiger partial charge >= 0.3 is 0 Å². The van der Waals surface area contributed by atoms with Gasteiger partial charge in [-0.3, -0.25) is 4.79 Å². The largest absolute Gasteiger partial charge is 1.00 e. The Bertz CT molecular complexity index is 401. The van der Waals surface area contributed by atoms with Gasteiger partial charge < -0.3 is 17.5 Å². The van der Waals surface area contributed by atoms with E-state index in [1.165, 1.54) is 0 Å². The highest BCUT2D eigenvalue weighted by atomic mass is 35.5. The molecule has 0 unspecified atom stereocenters. The minimum absolute atomic E-state index is 0. The van der Waals surface area contributed by atoms with E-state index in [9.17, 15) is 9.90 Å². The van der Waals surface area contributed by atoms with Crippen LogP contribution in [0.3, 0.4) is 0 Å². The molecule has 1 aromatic heterocycles. The smallest absolute Gasteiger partial charge is 0.216 e. The monoisotopic (exact) mass is 225 g/mol. The maximum atomic E-state index is 11.2. The summed E-state index contributed by atoms with van der Waals surface area (Å²) in [5.74, 6) is 0.383. The Labute approximate surface area is 94.5 Å².